The van der Waals surface area contributed by atoms with Gasteiger partial charge in [-0.05, 0) is 57.4 Å². The van der Waals surface area contributed by atoms with Crippen molar-refractivity contribution in [2.75, 3.05) is 19.8 Å². The zero-order valence-electron chi connectivity index (χ0n) is 15.3. The number of hydrogen-bond donors (Lipinski definition) is 0. The van der Waals surface area contributed by atoms with E-state index in [0.717, 1.165) is 16.7 Å². The van der Waals surface area contributed by atoms with E-state index < -0.39 is 17.7 Å². The summed E-state index contributed by atoms with van der Waals surface area (Å²) in [5.74, 6) is -0.434. The molecule has 0 unspecified atom stereocenters. The molecule has 0 aromatic carbocycles. The number of hydroxylamine groups is 2. The number of hydrogen-bond acceptors (Lipinski definition) is 6. The quantitative estimate of drug-likeness (QED) is 0.781. The van der Waals surface area contributed by atoms with E-state index in [-0.39, 0.29) is 13.2 Å². The van der Waals surface area contributed by atoms with Crippen molar-refractivity contribution >= 4 is 17.6 Å². The van der Waals surface area contributed by atoms with Crippen molar-refractivity contribution in [3.05, 3.63) is 35.2 Å². The zero-order valence-corrected chi connectivity index (χ0v) is 15.3. The van der Waals surface area contributed by atoms with Crippen LogP contribution < -0.4 is 0 Å². The van der Waals surface area contributed by atoms with E-state index in [9.17, 15) is 9.59 Å². The molecule has 0 radical (unpaired) electrons. The molecule has 7 heteroatoms. The molecule has 0 fully saturated rings. The first-order chi connectivity index (χ1) is 11.7. The van der Waals surface area contributed by atoms with Crippen LogP contribution in [0.2, 0.25) is 0 Å². The van der Waals surface area contributed by atoms with Crippen molar-refractivity contribution in [1.82, 2.24) is 10.0 Å². The maximum Gasteiger partial charge on any atom is 0.434 e. The molecule has 0 spiro atoms. The van der Waals surface area contributed by atoms with Crippen LogP contribution in [0.5, 0.6) is 0 Å². The van der Waals surface area contributed by atoms with Gasteiger partial charge in [0, 0.05) is 6.20 Å². The number of amides is 1. The minimum atomic E-state index is -0.575. The lowest BCUT2D eigenvalue weighted by Gasteiger charge is -2.28. The summed E-state index contributed by atoms with van der Waals surface area (Å²) in [5.41, 5.74) is 2.19. The summed E-state index contributed by atoms with van der Waals surface area (Å²) in [4.78, 5) is 33.5. The summed E-state index contributed by atoms with van der Waals surface area (Å²) in [6.45, 7) is 9.77. The summed E-state index contributed by atoms with van der Waals surface area (Å²) in [6, 6.07) is 1.86. The summed E-state index contributed by atoms with van der Waals surface area (Å²) in [5, 5.41) is 1.18. The molecule has 0 bridgehead atoms. The summed E-state index contributed by atoms with van der Waals surface area (Å²) >= 11 is 0. The van der Waals surface area contributed by atoms with Gasteiger partial charge in [-0.1, -0.05) is 6.08 Å². The fourth-order valence-electron chi connectivity index (χ4n) is 2.26. The van der Waals surface area contributed by atoms with Crippen molar-refractivity contribution in [3.8, 4) is 0 Å². The highest BCUT2D eigenvalue weighted by atomic mass is 16.7. The van der Waals surface area contributed by atoms with Gasteiger partial charge in [0.05, 0.1) is 13.2 Å². The van der Waals surface area contributed by atoms with Gasteiger partial charge < -0.3 is 9.47 Å². The van der Waals surface area contributed by atoms with Gasteiger partial charge in [0.15, 0.2) is 5.69 Å². The SMILES string of the molecule is CCOC(=O)c1ncc(C2=CCN(C(=O)OC(C)(C)C)OC2)cc1C. The minimum absolute atomic E-state index is 0.221. The molecule has 0 N–H and O–H groups in total. The summed E-state index contributed by atoms with van der Waals surface area (Å²) < 4.78 is 10.2. The molecule has 25 heavy (non-hydrogen) atoms. The van der Waals surface area contributed by atoms with Crippen LogP contribution in [0.1, 0.15) is 49.3 Å². The van der Waals surface area contributed by atoms with E-state index in [2.05, 4.69) is 4.98 Å². The maximum absolute atomic E-state index is 12.0. The molecule has 1 aliphatic rings. The van der Waals surface area contributed by atoms with E-state index in [4.69, 9.17) is 14.3 Å². The molecule has 136 valence electrons. The van der Waals surface area contributed by atoms with Gasteiger partial charge in [-0.25, -0.2) is 14.6 Å². The molecule has 0 atom stereocenters. The van der Waals surface area contributed by atoms with Crippen LogP contribution in [0.25, 0.3) is 5.57 Å². The van der Waals surface area contributed by atoms with Crippen LogP contribution in [-0.4, -0.2) is 47.5 Å². The highest BCUT2D eigenvalue weighted by Gasteiger charge is 2.25. The number of carbonyl (C=O) groups is 2. The second kappa shape index (κ2) is 7.65. The molecule has 0 saturated heterocycles. The largest absolute Gasteiger partial charge is 0.461 e. The fourth-order valence-corrected chi connectivity index (χ4v) is 2.26. The number of carbonyl (C=O) groups excluding carboxylic acids is 2. The third kappa shape index (κ3) is 5.03. The predicted octanol–water partition coefficient (Wildman–Crippen LogP) is 3.13. The molecule has 1 aliphatic heterocycles. The van der Waals surface area contributed by atoms with Crippen LogP contribution >= 0.6 is 0 Å². The van der Waals surface area contributed by atoms with Crippen molar-refractivity contribution in [1.29, 1.82) is 0 Å². The number of pyridine rings is 1. The average molecular weight is 348 g/mol. The van der Waals surface area contributed by atoms with E-state index in [0.29, 0.717) is 12.3 Å². The third-order valence-corrected chi connectivity index (χ3v) is 3.39. The minimum Gasteiger partial charge on any atom is -0.461 e. The number of aryl methyl sites for hydroxylation is 1. The zero-order chi connectivity index (χ0) is 18.6. The monoisotopic (exact) mass is 348 g/mol. The molecule has 2 heterocycles. The first-order valence-electron chi connectivity index (χ1n) is 8.18. The molecule has 0 saturated carbocycles. The Hall–Kier alpha value is -2.41. The lowest BCUT2D eigenvalue weighted by atomic mass is 10.0. The first-order valence-corrected chi connectivity index (χ1v) is 8.18. The average Bonchev–Trinajstić information content (AvgIpc) is 2.53. The van der Waals surface area contributed by atoms with Gasteiger partial charge in [0.2, 0.25) is 0 Å². The normalized spacial score (nSPS) is 14.8. The first kappa shape index (κ1) is 18.9. The standard InChI is InChI=1S/C18H24N2O5/c1-6-23-16(21)15-12(2)9-14(10-19-15)13-7-8-20(24-11-13)17(22)25-18(3,4)5/h7,9-10H,6,8,11H2,1-5H3. The highest BCUT2D eigenvalue weighted by molar-refractivity contribution is 5.89. The number of esters is 1. The van der Waals surface area contributed by atoms with Crippen molar-refractivity contribution in [2.24, 2.45) is 0 Å². The number of aromatic nitrogens is 1. The van der Waals surface area contributed by atoms with E-state index in [1.165, 1.54) is 5.06 Å². The predicted molar refractivity (Wildman–Crippen MR) is 91.8 cm³/mol. The third-order valence-electron chi connectivity index (χ3n) is 3.39. The molecule has 7 nitrogen and oxygen atoms in total. The lowest BCUT2D eigenvalue weighted by molar-refractivity contribution is -0.133. The van der Waals surface area contributed by atoms with Crippen LogP contribution in [0.3, 0.4) is 0 Å². The Morgan fingerprint density at radius 3 is 2.60 bits per heavy atom. The lowest BCUT2D eigenvalue weighted by Crippen LogP contribution is -2.39. The van der Waals surface area contributed by atoms with Crippen LogP contribution in [-0.2, 0) is 14.3 Å². The van der Waals surface area contributed by atoms with Gasteiger partial charge in [-0.15, -0.1) is 0 Å². The Morgan fingerprint density at radius 2 is 2.08 bits per heavy atom. The van der Waals surface area contributed by atoms with Gasteiger partial charge in [0.1, 0.15) is 12.2 Å². The molecule has 0 aliphatic carbocycles. The second-order valence-electron chi connectivity index (χ2n) is 6.65. The van der Waals surface area contributed by atoms with Gasteiger partial charge in [0.25, 0.3) is 0 Å². The Morgan fingerprint density at radius 1 is 1.36 bits per heavy atom. The van der Waals surface area contributed by atoms with Crippen molar-refractivity contribution in [2.45, 2.75) is 40.2 Å². The fraction of sp³-hybridized carbons (Fsp3) is 0.500. The molecular formula is C18H24N2O5. The maximum atomic E-state index is 12.0. The topological polar surface area (TPSA) is 78.0 Å². The van der Waals surface area contributed by atoms with E-state index in [1.807, 2.05) is 12.1 Å². The number of ether oxygens (including phenoxy) is 2. The van der Waals surface area contributed by atoms with Gasteiger partial charge >= 0.3 is 12.1 Å². The Bertz CT molecular complexity index is 691. The highest BCUT2D eigenvalue weighted by Crippen LogP contribution is 2.22. The van der Waals surface area contributed by atoms with E-state index >= 15 is 0 Å². The molecule has 1 aromatic rings. The van der Waals surface area contributed by atoms with E-state index in [1.54, 1.807) is 40.8 Å². The van der Waals surface area contributed by atoms with Crippen molar-refractivity contribution in [3.63, 3.8) is 0 Å². The molecule has 2 rings (SSSR count). The molecular weight excluding hydrogens is 324 g/mol. The van der Waals surface area contributed by atoms with Crippen molar-refractivity contribution < 1.29 is 23.9 Å². The molecule has 1 amide bonds. The smallest absolute Gasteiger partial charge is 0.434 e. The number of nitrogens with zero attached hydrogens (tertiary/aromatic N) is 2. The van der Waals surface area contributed by atoms with Crippen LogP contribution in [0.15, 0.2) is 18.3 Å². The molecule has 1 aromatic heterocycles. The van der Waals surface area contributed by atoms with Crippen LogP contribution in [0, 0.1) is 6.92 Å². The summed E-state index contributed by atoms with van der Waals surface area (Å²) in [7, 11) is 0. The second-order valence-corrected chi connectivity index (χ2v) is 6.65. The number of rotatable bonds is 3. The Labute approximate surface area is 147 Å². The Balaban J connectivity index is 2.07. The van der Waals surface area contributed by atoms with Crippen LogP contribution in [0.4, 0.5) is 4.79 Å². The van der Waals surface area contributed by atoms with Gasteiger partial charge in [-0.3, -0.25) is 4.84 Å². The summed E-state index contributed by atoms with van der Waals surface area (Å²) in [6.07, 6.45) is 2.97. The van der Waals surface area contributed by atoms with Gasteiger partial charge in [-0.2, -0.15) is 5.06 Å². The Kier molecular flexibility index (Phi) is 5.79.